The summed E-state index contributed by atoms with van der Waals surface area (Å²) in [6.45, 7) is 7.18. The number of nitriles is 1. The van der Waals surface area contributed by atoms with E-state index >= 15 is 4.39 Å². The van der Waals surface area contributed by atoms with E-state index in [1.54, 1.807) is 25.5 Å². The number of rotatable bonds is 9. The van der Waals surface area contributed by atoms with E-state index in [0.29, 0.717) is 12.1 Å². The Labute approximate surface area is 245 Å². The van der Waals surface area contributed by atoms with Gasteiger partial charge in [0, 0.05) is 38.3 Å². The first-order valence-corrected chi connectivity index (χ1v) is 13.7. The number of aryl methyl sites for hydroxylation is 1. The first kappa shape index (κ1) is 30.1. The van der Waals surface area contributed by atoms with Gasteiger partial charge in [-0.25, -0.2) is 14.2 Å². The molecule has 1 amide bonds. The third-order valence-electron chi connectivity index (χ3n) is 6.58. The van der Waals surface area contributed by atoms with Crippen LogP contribution in [0.5, 0.6) is 0 Å². The summed E-state index contributed by atoms with van der Waals surface area (Å²) < 4.78 is 22.6. The van der Waals surface area contributed by atoms with Crippen molar-refractivity contribution in [2.75, 3.05) is 29.6 Å². The number of alkyl carbamates (subject to hydrolysis) is 1. The van der Waals surface area contributed by atoms with Gasteiger partial charge in [0.1, 0.15) is 11.7 Å². The second-order valence-electron chi connectivity index (χ2n) is 11.4. The van der Waals surface area contributed by atoms with Gasteiger partial charge >= 0.3 is 6.09 Å². The SMILES string of the molecule is C[C@H](NC(=O)OC(C)(C)C)[C@@H](Cc1ccccc1)Nc1nc(Nc2ccc3c(c2)c(N(C)C)nn3C)c(C#N)cc1F. The number of ether oxygens (including phenoxy) is 1. The molecule has 0 fully saturated rings. The van der Waals surface area contributed by atoms with E-state index in [4.69, 9.17) is 4.74 Å². The Morgan fingerprint density at radius 3 is 2.50 bits per heavy atom. The highest BCUT2D eigenvalue weighted by molar-refractivity contribution is 5.93. The number of amides is 1. The summed E-state index contributed by atoms with van der Waals surface area (Å²) in [7, 11) is 5.71. The lowest BCUT2D eigenvalue weighted by atomic mass is 10.0. The molecule has 0 saturated carbocycles. The van der Waals surface area contributed by atoms with Gasteiger partial charge in [0.2, 0.25) is 0 Å². The molecule has 220 valence electrons. The third kappa shape index (κ3) is 7.26. The van der Waals surface area contributed by atoms with Crippen LogP contribution in [0.3, 0.4) is 0 Å². The van der Waals surface area contributed by atoms with Crippen LogP contribution in [0.4, 0.5) is 32.3 Å². The summed E-state index contributed by atoms with van der Waals surface area (Å²) in [5, 5.41) is 24.5. The molecule has 42 heavy (non-hydrogen) atoms. The van der Waals surface area contributed by atoms with Gasteiger partial charge in [-0.15, -0.1) is 0 Å². The van der Waals surface area contributed by atoms with E-state index in [-0.39, 0.29) is 17.2 Å². The highest BCUT2D eigenvalue weighted by Crippen LogP contribution is 2.30. The van der Waals surface area contributed by atoms with Crippen molar-refractivity contribution in [3.05, 3.63) is 71.5 Å². The number of nitrogens with one attached hydrogen (secondary N) is 3. The number of anilines is 4. The lowest BCUT2D eigenvalue weighted by molar-refractivity contribution is 0.0503. The molecule has 4 aromatic rings. The standard InChI is InChI=1S/C31H37FN8O2/c1-19(34-30(41)42-31(2,3)4)25(15-20-11-9-8-10-12-20)36-28-24(32)16-21(18-33)27(37-28)35-22-13-14-26-23(17-22)29(39(5)6)38-40(26)7/h8-14,16-17,19,25H,15H2,1-7H3,(H,34,41)(H2,35,36,37)/t19-,25+/m0/s1. The minimum atomic E-state index is -0.683. The van der Waals surface area contributed by atoms with Gasteiger partial charge in [-0.3, -0.25) is 4.68 Å². The van der Waals surface area contributed by atoms with Crippen molar-refractivity contribution in [2.45, 2.75) is 51.8 Å². The van der Waals surface area contributed by atoms with Gasteiger partial charge in [-0.2, -0.15) is 10.4 Å². The minimum absolute atomic E-state index is 0.0493. The largest absolute Gasteiger partial charge is 0.444 e. The second kappa shape index (κ2) is 12.3. The molecule has 11 heteroatoms. The van der Waals surface area contributed by atoms with Crippen molar-refractivity contribution in [1.29, 1.82) is 5.26 Å². The maximum absolute atomic E-state index is 15.3. The van der Waals surface area contributed by atoms with E-state index < -0.39 is 29.6 Å². The molecule has 4 rings (SSSR count). The van der Waals surface area contributed by atoms with Crippen molar-refractivity contribution in [1.82, 2.24) is 20.1 Å². The van der Waals surface area contributed by atoms with Gasteiger partial charge in [0.15, 0.2) is 23.3 Å². The first-order chi connectivity index (χ1) is 19.8. The number of aromatic nitrogens is 3. The highest BCUT2D eigenvalue weighted by Gasteiger charge is 2.25. The molecule has 0 unspecified atom stereocenters. The fourth-order valence-corrected chi connectivity index (χ4v) is 4.55. The van der Waals surface area contributed by atoms with Gasteiger partial charge in [0.25, 0.3) is 0 Å². The molecule has 2 atom stereocenters. The quantitative estimate of drug-likeness (QED) is 0.233. The van der Waals surface area contributed by atoms with Crippen LogP contribution in [-0.4, -0.2) is 52.6 Å². The zero-order chi connectivity index (χ0) is 30.6. The summed E-state index contributed by atoms with van der Waals surface area (Å²) in [6, 6.07) is 17.6. The van der Waals surface area contributed by atoms with Crippen LogP contribution in [-0.2, 0) is 18.2 Å². The molecule has 0 aliphatic heterocycles. The van der Waals surface area contributed by atoms with Crippen molar-refractivity contribution in [3.8, 4) is 6.07 Å². The van der Waals surface area contributed by atoms with Crippen molar-refractivity contribution in [2.24, 2.45) is 7.05 Å². The predicted octanol–water partition coefficient (Wildman–Crippen LogP) is 5.73. The molecule has 2 aromatic heterocycles. The zero-order valence-electron chi connectivity index (χ0n) is 25.0. The number of carbonyl (C=O) groups is 1. The third-order valence-corrected chi connectivity index (χ3v) is 6.58. The molecular weight excluding hydrogens is 535 g/mol. The zero-order valence-corrected chi connectivity index (χ0v) is 25.0. The maximum Gasteiger partial charge on any atom is 0.407 e. The molecule has 2 heterocycles. The van der Waals surface area contributed by atoms with Gasteiger partial charge < -0.3 is 25.6 Å². The number of nitrogens with zero attached hydrogens (tertiary/aromatic N) is 5. The van der Waals surface area contributed by atoms with Crippen LogP contribution < -0.4 is 20.9 Å². The van der Waals surface area contributed by atoms with Crippen LogP contribution in [0.1, 0.15) is 38.8 Å². The Hall–Kier alpha value is -4.85. The van der Waals surface area contributed by atoms with Crippen LogP contribution >= 0.6 is 0 Å². The summed E-state index contributed by atoms with van der Waals surface area (Å²) in [4.78, 5) is 19.0. The molecule has 0 aliphatic rings. The second-order valence-corrected chi connectivity index (χ2v) is 11.4. The van der Waals surface area contributed by atoms with E-state index in [1.165, 1.54) is 0 Å². The number of hydrogen-bond acceptors (Lipinski definition) is 8. The fraction of sp³-hybridized carbons (Fsp3) is 0.355. The predicted molar refractivity (Wildman–Crippen MR) is 164 cm³/mol. The van der Waals surface area contributed by atoms with Crippen LogP contribution in [0.25, 0.3) is 10.9 Å². The molecular formula is C31H37FN8O2. The molecule has 0 bridgehead atoms. The summed E-state index contributed by atoms with van der Waals surface area (Å²) in [5.74, 6) is 0.257. The summed E-state index contributed by atoms with van der Waals surface area (Å²) in [6.07, 6.45) is -0.111. The minimum Gasteiger partial charge on any atom is -0.444 e. The topological polar surface area (TPSA) is 120 Å². The normalized spacial score (nSPS) is 12.7. The Morgan fingerprint density at radius 1 is 1.14 bits per heavy atom. The molecule has 2 aromatic carbocycles. The van der Waals surface area contributed by atoms with E-state index in [0.717, 1.165) is 28.4 Å². The fourth-order valence-electron chi connectivity index (χ4n) is 4.55. The molecule has 3 N–H and O–H groups in total. The Kier molecular flexibility index (Phi) is 8.85. The smallest absolute Gasteiger partial charge is 0.407 e. The van der Waals surface area contributed by atoms with Crippen molar-refractivity contribution < 1.29 is 13.9 Å². The Balaban J connectivity index is 1.65. The first-order valence-electron chi connectivity index (χ1n) is 13.7. The van der Waals surface area contributed by atoms with Crippen LogP contribution in [0.2, 0.25) is 0 Å². The lowest BCUT2D eigenvalue weighted by Gasteiger charge is -2.28. The number of hydrogen-bond donors (Lipinski definition) is 3. The number of carbonyl (C=O) groups excluding carboxylic acids is 1. The summed E-state index contributed by atoms with van der Waals surface area (Å²) >= 11 is 0. The molecule has 0 spiro atoms. The molecule has 10 nitrogen and oxygen atoms in total. The van der Waals surface area contributed by atoms with Crippen molar-refractivity contribution >= 4 is 40.1 Å². The molecule has 0 radical (unpaired) electrons. The van der Waals surface area contributed by atoms with Gasteiger partial charge in [-0.1, -0.05) is 30.3 Å². The van der Waals surface area contributed by atoms with E-state index in [2.05, 4.69) is 26.0 Å². The van der Waals surface area contributed by atoms with E-state index in [9.17, 15) is 10.1 Å². The number of fused-ring (bicyclic) bond motifs is 1. The van der Waals surface area contributed by atoms with Crippen LogP contribution in [0.15, 0.2) is 54.6 Å². The average Bonchev–Trinajstić information content (AvgIpc) is 3.25. The molecule has 0 aliphatic carbocycles. The monoisotopic (exact) mass is 572 g/mol. The average molecular weight is 573 g/mol. The number of halogens is 1. The Morgan fingerprint density at radius 2 is 1.86 bits per heavy atom. The highest BCUT2D eigenvalue weighted by atomic mass is 19.1. The number of pyridine rings is 1. The maximum atomic E-state index is 15.3. The Bertz CT molecular complexity index is 1610. The van der Waals surface area contributed by atoms with Crippen molar-refractivity contribution in [3.63, 3.8) is 0 Å². The van der Waals surface area contributed by atoms with E-state index in [1.807, 2.05) is 87.6 Å². The van der Waals surface area contributed by atoms with Gasteiger partial charge in [0.05, 0.1) is 17.1 Å². The number of benzene rings is 2. The van der Waals surface area contributed by atoms with Crippen LogP contribution in [0, 0.1) is 17.1 Å². The summed E-state index contributed by atoms with van der Waals surface area (Å²) in [5.41, 5.74) is 1.98. The van der Waals surface area contributed by atoms with Gasteiger partial charge in [-0.05, 0) is 63.9 Å². The molecule has 0 saturated heterocycles. The lowest BCUT2D eigenvalue weighted by Crippen LogP contribution is -2.47.